The van der Waals surface area contributed by atoms with E-state index in [9.17, 15) is 9.59 Å². The van der Waals surface area contributed by atoms with Crippen molar-refractivity contribution in [1.82, 2.24) is 4.90 Å². The fourth-order valence-corrected chi connectivity index (χ4v) is 5.41. The summed E-state index contributed by atoms with van der Waals surface area (Å²) in [6.07, 6.45) is 1.74. The zero-order valence-electron chi connectivity index (χ0n) is 22.8. The normalized spacial score (nSPS) is 16.0. The Kier molecular flexibility index (Phi) is 7.49. The minimum absolute atomic E-state index is 0.00297. The van der Waals surface area contributed by atoms with Gasteiger partial charge in [-0.3, -0.25) is 14.5 Å². The summed E-state index contributed by atoms with van der Waals surface area (Å²) in [6.45, 7) is 5.29. The second-order valence-electron chi connectivity index (χ2n) is 10.3. The van der Waals surface area contributed by atoms with Crippen LogP contribution >= 0.6 is 11.6 Å². The highest BCUT2D eigenvalue weighted by Crippen LogP contribution is 2.36. The minimum Gasteiger partial charge on any atom is -0.449 e. The Morgan fingerprint density at radius 3 is 2.34 bits per heavy atom. The molecule has 0 unspecified atom stereocenters. The molecule has 6 rings (SSSR count). The molecule has 0 bridgehead atoms. The van der Waals surface area contributed by atoms with Crippen LogP contribution in [0.1, 0.15) is 27.0 Å². The van der Waals surface area contributed by atoms with E-state index in [1.54, 1.807) is 11.0 Å². The molecule has 41 heavy (non-hydrogen) atoms. The summed E-state index contributed by atoms with van der Waals surface area (Å²) in [5.41, 5.74) is 5.45. The van der Waals surface area contributed by atoms with Crippen LogP contribution in [0.25, 0.3) is 6.08 Å². The van der Waals surface area contributed by atoms with Crippen molar-refractivity contribution in [3.05, 3.63) is 130 Å². The molecule has 0 saturated carbocycles. The molecule has 4 aromatic carbocycles. The van der Waals surface area contributed by atoms with Crippen LogP contribution in [0.3, 0.4) is 0 Å². The third kappa shape index (κ3) is 5.83. The first-order valence-corrected chi connectivity index (χ1v) is 14.1. The van der Waals surface area contributed by atoms with E-state index in [-0.39, 0.29) is 17.6 Å². The van der Waals surface area contributed by atoms with Gasteiger partial charge in [-0.1, -0.05) is 65.7 Å². The zero-order chi connectivity index (χ0) is 28.3. The molecule has 2 aliphatic rings. The van der Waals surface area contributed by atoms with Gasteiger partial charge in [-0.25, -0.2) is 0 Å². The Morgan fingerprint density at radius 1 is 0.878 bits per heavy atom. The van der Waals surface area contributed by atoms with Crippen molar-refractivity contribution in [3.63, 3.8) is 0 Å². The Bertz CT molecular complexity index is 1610. The molecule has 2 amide bonds. The summed E-state index contributed by atoms with van der Waals surface area (Å²) in [6, 6.07) is 30.8. The lowest BCUT2D eigenvalue weighted by Gasteiger charge is -2.36. The third-order valence-electron chi connectivity index (χ3n) is 7.47. The first-order valence-electron chi connectivity index (χ1n) is 13.7. The van der Waals surface area contributed by atoms with Crippen molar-refractivity contribution < 1.29 is 14.3 Å². The van der Waals surface area contributed by atoms with Gasteiger partial charge in [0.15, 0.2) is 11.5 Å². The van der Waals surface area contributed by atoms with Crippen molar-refractivity contribution in [1.29, 1.82) is 0 Å². The Balaban J connectivity index is 1.15. The van der Waals surface area contributed by atoms with Crippen LogP contribution < -0.4 is 14.5 Å². The maximum absolute atomic E-state index is 13.6. The van der Waals surface area contributed by atoms with E-state index in [0.717, 1.165) is 41.2 Å². The average molecular weight is 564 g/mol. The number of anilines is 2. The van der Waals surface area contributed by atoms with E-state index in [0.29, 0.717) is 36.0 Å². The number of ether oxygens (including phenoxy) is 1. The highest BCUT2D eigenvalue weighted by atomic mass is 35.5. The Hall–Kier alpha value is -4.55. The molecule has 4 aromatic rings. The number of hydrogen-bond donors (Lipinski definition) is 0. The average Bonchev–Trinajstić information content (AvgIpc) is 3.00. The number of nitrogens with zero attached hydrogens (tertiary/aromatic N) is 3. The van der Waals surface area contributed by atoms with Gasteiger partial charge < -0.3 is 14.5 Å². The lowest BCUT2D eigenvalue weighted by molar-refractivity contribution is -0.117. The number of amides is 2. The van der Waals surface area contributed by atoms with Crippen LogP contribution in [0.15, 0.2) is 103 Å². The number of benzene rings is 4. The van der Waals surface area contributed by atoms with Gasteiger partial charge in [-0.15, -0.1) is 0 Å². The standard InChI is InChI=1S/C34H30ClN3O3/c1-24-5-4-6-26(21-24)23-38-30-7-2-3-8-31(30)41-32(34(38)40)22-25-9-11-27(12-10-25)33(39)37-19-17-36(18-20-37)29-15-13-28(35)14-16-29/h2-16,21-22H,17-20,23H2,1H3/b32-22+. The van der Waals surface area contributed by atoms with E-state index in [1.807, 2.05) is 103 Å². The zero-order valence-corrected chi connectivity index (χ0v) is 23.6. The van der Waals surface area contributed by atoms with Crippen LogP contribution in [-0.2, 0) is 11.3 Å². The summed E-state index contributed by atoms with van der Waals surface area (Å²) >= 11 is 6.02. The molecule has 0 radical (unpaired) electrons. The Morgan fingerprint density at radius 2 is 1.61 bits per heavy atom. The van der Waals surface area contributed by atoms with Crippen LogP contribution in [-0.4, -0.2) is 42.9 Å². The molecule has 0 aromatic heterocycles. The summed E-state index contributed by atoms with van der Waals surface area (Å²) < 4.78 is 6.05. The van der Waals surface area contributed by atoms with Crippen molar-refractivity contribution >= 4 is 40.9 Å². The second-order valence-corrected chi connectivity index (χ2v) is 10.8. The molecule has 206 valence electrons. The van der Waals surface area contributed by atoms with Crippen molar-refractivity contribution in [2.75, 3.05) is 36.0 Å². The molecule has 2 heterocycles. The number of para-hydroxylation sites is 2. The molecule has 0 aliphatic carbocycles. The van der Waals surface area contributed by atoms with Crippen LogP contribution in [0, 0.1) is 6.92 Å². The Labute approximate surface area is 245 Å². The smallest absolute Gasteiger partial charge is 0.294 e. The SMILES string of the molecule is Cc1cccc(CN2C(=O)/C(=C\c3ccc(C(=O)N4CCN(c5ccc(Cl)cc5)CC4)cc3)Oc3ccccc32)c1. The summed E-state index contributed by atoms with van der Waals surface area (Å²) in [7, 11) is 0. The molecular weight excluding hydrogens is 534 g/mol. The van der Waals surface area contributed by atoms with Crippen LogP contribution in [0.4, 0.5) is 11.4 Å². The lowest BCUT2D eigenvalue weighted by Crippen LogP contribution is -2.48. The van der Waals surface area contributed by atoms with E-state index in [2.05, 4.69) is 11.0 Å². The number of halogens is 1. The minimum atomic E-state index is -0.205. The molecule has 0 spiro atoms. The van der Waals surface area contributed by atoms with E-state index in [4.69, 9.17) is 16.3 Å². The second kappa shape index (κ2) is 11.5. The van der Waals surface area contributed by atoms with Crippen molar-refractivity contribution in [3.8, 4) is 5.75 Å². The molecule has 1 fully saturated rings. The topological polar surface area (TPSA) is 53.1 Å². The number of hydrogen-bond acceptors (Lipinski definition) is 4. The first-order chi connectivity index (χ1) is 19.9. The fourth-order valence-electron chi connectivity index (χ4n) is 5.29. The van der Waals surface area contributed by atoms with E-state index >= 15 is 0 Å². The van der Waals surface area contributed by atoms with E-state index in [1.165, 1.54) is 0 Å². The predicted molar refractivity (Wildman–Crippen MR) is 163 cm³/mol. The highest BCUT2D eigenvalue weighted by molar-refractivity contribution is 6.30. The number of carbonyl (C=O) groups is 2. The van der Waals surface area contributed by atoms with Gasteiger partial charge >= 0.3 is 0 Å². The summed E-state index contributed by atoms with van der Waals surface area (Å²) in [4.78, 5) is 32.7. The largest absolute Gasteiger partial charge is 0.449 e. The molecule has 1 saturated heterocycles. The van der Waals surface area contributed by atoms with Crippen molar-refractivity contribution in [2.45, 2.75) is 13.5 Å². The van der Waals surface area contributed by atoms with Gasteiger partial charge in [0.1, 0.15) is 0 Å². The van der Waals surface area contributed by atoms with Crippen LogP contribution in [0.2, 0.25) is 5.02 Å². The lowest BCUT2D eigenvalue weighted by atomic mass is 10.1. The number of aryl methyl sites for hydroxylation is 1. The molecule has 2 aliphatic heterocycles. The monoisotopic (exact) mass is 563 g/mol. The van der Waals surface area contributed by atoms with Gasteiger partial charge in [-0.05, 0) is 72.7 Å². The quantitative estimate of drug-likeness (QED) is 0.257. The molecule has 6 nitrogen and oxygen atoms in total. The van der Waals surface area contributed by atoms with Crippen LogP contribution in [0.5, 0.6) is 5.75 Å². The fraction of sp³-hybridized carbons (Fsp3) is 0.176. The van der Waals surface area contributed by atoms with Gasteiger partial charge in [0.2, 0.25) is 0 Å². The number of piperazine rings is 1. The molecule has 7 heteroatoms. The highest BCUT2D eigenvalue weighted by Gasteiger charge is 2.30. The predicted octanol–water partition coefficient (Wildman–Crippen LogP) is 6.58. The van der Waals surface area contributed by atoms with Gasteiger partial charge in [0, 0.05) is 42.5 Å². The number of fused-ring (bicyclic) bond motifs is 1. The number of rotatable bonds is 5. The molecule has 0 atom stereocenters. The first kappa shape index (κ1) is 26.7. The van der Waals surface area contributed by atoms with Gasteiger partial charge in [0.05, 0.1) is 12.2 Å². The molecule has 0 N–H and O–H groups in total. The maximum atomic E-state index is 13.6. The van der Waals surface area contributed by atoms with Gasteiger partial charge in [0.25, 0.3) is 11.8 Å². The number of carbonyl (C=O) groups excluding carboxylic acids is 2. The molecular formula is C34H30ClN3O3. The van der Waals surface area contributed by atoms with E-state index < -0.39 is 0 Å². The van der Waals surface area contributed by atoms with Gasteiger partial charge in [-0.2, -0.15) is 0 Å². The third-order valence-corrected chi connectivity index (χ3v) is 7.72. The van der Waals surface area contributed by atoms with Crippen molar-refractivity contribution in [2.24, 2.45) is 0 Å². The summed E-state index contributed by atoms with van der Waals surface area (Å²) in [5, 5.41) is 0.713. The summed E-state index contributed by atoms with van der Waals surface area (Å²) in [5.74, 6) is 0.677. The maximum Gasteiger partial charge on any atom is 0.294 e.